The van der Waals surface area contributed by atoms with Crippen molar-refractivity contribution < 1.29 is 14.3 Å². The topological polar surface area (TPSA) is 50.4 Å². The van der Waals surface area contributed by atoms with Crippen LogP contribution in [0, 0.1) is 0 Å². The third-order valence-electron chi connectivity index (χ3n) is 2.68. The Morgan fingerprint density at radius 1 is 1.18 bits per heavy atom. The number of carboxylic acid groups (broad SMARTS) is 1. The van der Waals surface area contributed by atoms with Gasteiger partial charge in [0.2, 0.25) is 5.76 Å². The lowest BCUT2D eigenvalue weighted by atomic mass is 10.1. The average Bonchev–Trinajstić information content (AvgIpc) is 2.73. The smallest absolute Gasteiger partial charge is 0.371 e. The highest BCUT2D eigenvalue weighted by atomic mass is 79.9. The molecule has 1 heterocycles. The zero-order chi connectivity index (χ0) is 12.0. The minimum Gasteiger partial charge on any atom is -0.475 e. The molecular weight excluding hydrogens is 284 g/mol. The van der Waals surface area contributed by atoms with Crippen LogP contribution in [-0.4, -0.2) is 11.1 Å². The molecule has 1 N–H and O–H groups in total. The Hall–Kier alpha value is -1.81. The molecule has 3 rings (SSSR count). The largest absolute Gasteiger partial charge is 0.475 e. The first-order valence-corrected chi connectivity index (χ1v) is 5.80. The molecule has 0 fully saturated rings. The van der Waals surface area contributed by atoms with Gasteiger partial charge in [0, 0.05) is 15.2 Å². The lowest BCUT2D eigenvalue weighted by Crippen LogP contribution is -1.91. The number of halogens is 1. The van der Waals surface area contributed by atoms with Crippen molar-refractivity contribution in [3.05, 3.63) is 46.6 Å². The predicted molar refractivity (Wildman–Crippen MR) is 68.4 cm³/mol. The molecule has 3 aromatic rings. The number of fused-ring (bicyclic) bond motifs is 3. The lowest BCUT2D eigenvalue weighted by molar-refractivity contribution is 0.0665. The molecule has 0 saturated carbocycles. The molecule has 4 heteroatoms. The first kappa shape index (κ1) is 10.4. The van der Waals surface area contributed by atoms with Gasteiger partial charge >= 0.3 is 5.97 Å². The van der Waals surface area contributed by atoms with E-state index in [2.05, 4.69) is 15.9 Å². The van der Waals surface area contributed by atoms with Crippen molar-refractivity contribution >= 4 is 43.6 Å². The van der Waals surface area contributed by atoms with Gasteiger partial charge in [0.1, 0.15) is 5.58 Å². The standard InChI is InChI=1S/C13H7BrO3/c14-10-5-7-6-11(13(15)16)17-12(7)9-4-2-1-3-8(9)10/h1-6H,(H,15,16). The zero-order valence-electron chi connectivity index (χ0n) is 8.61. The highest BCUT2D eigenvalue weighted by Crippen LogP contribution is 2.33. The van der Waals surface area contributed by atoms with E-state index in [9.17, 15) is 4.79 Å². The molecule has 1 aromatic heterocycles. The Bertz CT molecular complexity index is 743. The number of hydrogen-bond donors (Lipinski definition) is 1. The molecular formula is C13H7BrO3. The van der Waals surface area contributed by atoms with Gasteiger partial charge in [-0.25, -0.2) is 4.79 Å². The molecule has 0 atom stereocenters. The van der Waals surface area contributed by atoms with Crippen LogP contribution in [0.1, 0.15) is 10.6 Å². The third kappa shape index (κ3) is 1.52. The molecule has 17 heavy (non-hydrogen) atoms. The molecule has 0 radical (unpaired) electrons. The van der Waals surface area contributed by atoms with Crippen molar-refractivity contribution in [2.75, 3.05) is 0 Å². The minimum absolute atomic E-state index is 0.0387. The quantitative estimate of drug-likeness (QED) is 0.736. The zero-order valence-corrected chi connectivity index (χ0v) is 10.2. The van der Waals surface area contributed by atoms with E-state index in [0.717, 1.165) is 20.6 Å². The summed E-state index contributed by atoms with van der Waals surface area (Å²) < 4.78 is 6.31. The van der Waals surface area contributed by atoms with E-state index in [1.165, 1.54) is 6.07 Å². The van der Waals surface area contributed by atoms with Crippen LogP contribution in [0.5, 0.6) is 0 Å². The summed E-state index contributed by atoms with van der Waals surface area (Å²) in [5.41, 5.74) is 0.612. The summed E-state index contributed by atoms with van der Waals surface area (Å²) in [6.07, 6.45) is 0. The fraction of sp³-hybridized carbons (Fsp3) is 0. The molecule has 84 valence electrons. The number of aromatic carboxylic acids is 1. The highest BCUT2D eigenvalue weighted by molar-refractivity contribution is 9.10. The number of furan rings is 1. The summed E-state index contributed by atoms with van der Waals surface area (Å²) in [6.45, 7) is 0. The molecule has 0 spiro atoms. The maximum atomic E-state index is 10.9. The van der Waals surface area contributed by atoms with Crippen molar-refractivity contribution in [1.29, 1.82) is 0 Å². The molecule has 0 unspecified atom stereocenters. The van der Waals surface area contributed by atoms with E-state index >= 15 is 0 Å². The van der Waals surface area contributed by atoms with Gasteiger partial charge < -0.3 is 9.52 Å². The fourth-order valence-corrected chi connectivity index (χ4v) is 2.52. The van der Waals surface area contributed by atoms with Gasteiger partial charge in [-0.1, -0.05) is 40.2 Å². The third-order valence-corrected chi connectivity index (χ3v) is 3.34. The van der Waals surface area contributed by atoms with Gasteiger partial charge in [-0.2, -0.15) is 0 Å². The van der Waals surface area contributed by atoms with Crippen LogP contribution < -0.4 is 0 Å². The lowest BCUT2D eigenvalue weighted by Gasteiger charge is -2.00. The van der Waals surface area contributed by atoms with E-state index < -0.39 is 5.97 Å². The second-order valence-corrected chi connectivity index (χ2v) is 4.59. The van der Waals surface area contributed by atoms with E-state index in [4.69, 9.17) is 9.52 Å². The second kappa shape index (κ2) is 3.60. The van der Waals surface area contributed by atoms with Crippen LogP contribution in [0.25, 0.3) is 21.7 Å². The molecule has 0 aliphatic rings. The van der Waals surface area contributed by atoms with Crippen LogP contribution in [-0.2, 0) is 0 Å². The van der Waals surface area contributed by atoms with Crippen LogP contribution in [0.15, 0.2) is 45.3 Å². The summed E-state index contributed by atoms with van der Waals surface area (Å²) in [5, 5.41) is 11.6. The second-order valence-electron chi connectivity index (χ2n) is 3.74. The van der Waals surface area contributed by atoms with Crippen molar-refractivity contribution in [3.63, 3.8) is 0 Å². The van der Waals surface area contributed by atoms with Crippen LogP contribution >= 0.6 is 15.9 Å². The van der Waals surface area contributed by atoms with Crippen molar-refractivity contribution in [2.45, 2.75) is 0 Å². The number of carboxylic acids is 1. The number of hydrogen-bond acceptors (Lipinski definition) is 2. The maximum Gasteiger partial charge on any atom is 0.371 e. The van der Waals surface area contributed by atoms with Gasteiger partial charge in [-0.15, -0.1) is 0 Å². The fourth-order valence-electron chi connectivity index (χ4n) is 1.93. The number of benzene rings is 2. The monoisotopic (exact) mass is 290 g/mol. The molecule has 0 bridgehead atoms. The number of carbonyl (C=O) groups is 1. The normalized spacial score (nSPS) is 11.1. The van der Waals surface area contributed by atoms with E-state index in [1.54, 1.807) is 0 Å². The summed E-state index contributed by atoms with van der Waals surface area (Å²) in [6, 6.07) is 11.1. The number of rotatable bonds is 1. The van der Waals surface area contributed by atoms with Gasteiger partial charge in [0.25, 0.3) is 0 Å². The van der Waals surface area contributed by atoms with Crippen molar-refractivity contribution in [1.82, 2.24) is 0 Å². The maximum absolute atomic E-state index is 10.9. The van der Waals surface area contributed by atoms with E-state index in [1.807, 2.05) is 30.3 Å². The average molecular weight is 291 g/mol. The van der Waals surface area contributed by atoms with Crippen molar-refractivity contribution in [2.24, 2.45) is 0 Å². The molecule has 2 aromatic carbocycles. The Balaban J connectivity index is 2.50. The highest BCUT2D eigenvalue weighted by Gasteiger charge is 2.13. The Morgan fingerprint density at radius 3 is 2.59 bits per heavy atom. The summed E-state index contributed by atoms with van der Waals surface area (Å²) in [4.78, 5) is 10.9. The SMILES string of the molecule is O=C(O)c1cc2cc(Br)c3ccccc3c2o1. The van der Waals surface area contributed by atoms with Gasteiger partial charge in [-0.3, -0.25) is 0 Å². The predicted octanol–water partition coefficient (Wildman–Crippen LogP) is 4.05. The molecule has 0 amide bonds. The van der Waals surface area contributed by atoms with Crippen LogP contribution in [0.3, 0.4) is 0 Å². The molecule has 0 saturated heterocycles. The molecule has 0 aliphatic carbocycles. The Kier molecular flexibility index (Phi) is 2.19. The van der Waals surface area contributed by atoms with E-state index in [0.29, 0.717) is 5.58 Å². The first-order chi connectivity index (χ1) is 8.16. The van der Waals surface area contributed by atoms with Gasteiger partial charge in [-0.05, 0) is 17.5 Å². The first-order valence-electron chi connectivity index (χ1n) is 5.01. The van der Waals surface area contributed by atoms with E-state index in [-0.39, 0.29) is 5.76 Å². The minimum atomic E-state index is -1.05. The van der Waals surface area contributed by atoms with Crippen molar-refractivity contribution in [3.8, 4) is 0 Å². The summed E-state index contributed by atoms with van der Waals surface area (Å²) >= 11 is 3.48. The Morgan fingerprint density at radius 2 is 1.88 bits per heavy atom. The van der Waals surface area contributed by atoms with Gasteiger partial charge in [0.05, 0.1) is 0 Å². The Labute approximate surface area is 105 Å². The summed E-state index contributed by atoms with van der Waals surface area (Å²) in [7, 11) is 0. The van der Waals surface area contributed by atoms with Gasteiger partial charge in [0.15, 0.2) is 0 Å². The molecule has 0 aliphatic heterocycles. The molecule has 3 nitrogen and oxygen atoms in total. The summed E-state index contributed by atoms with van der Waals surface area (Å²) in [5.74, 6) is -1.09. The van der Waals surface area contributed by atoms with Crippen LogP contribution in [0.4, 0.5) is 0 Å². The van der Waals surface area contributed by atoms with Crippen LogP contribution in [0.2, 0.25) is 0 Å².